The summed E-state index contributed by atoms with van der Waals surface area (Å²) in [7, 11) is 0. The molecule has 1 nitrogen and oxygen atoms in total. The molecule has 0 aromatic carbocycles. The van der Waals surface area contributed by atoms with Crippen LogP contribution in [0.5, 0.6) is 0 Å². The Morgan fingerprint density at radius 2 is 1.64 bits per heavy atom. The van der Waals surface area contributed by atoms with Crippen molar-refractivity contribution in [2.75, 3.05) is 0 Å². The number of alkyl halides is 3. The molecular weight excluding hydrogens is 155 g/mol. The summed E-state index contributed by atoms with van der Waals surface area (Å²) in [5.74, 6) is 0. The molecule has 0 aromatic rings. The number of halogens is 3. The monoisotopic (exact) mass is 163 g/mol. The van der Waals surface area contributed by atoms with Gasteiger partial charge in [-0.3, -0.25) is 0 Å². The van der Waals surface area contributed by atoms with E-state index in [0.29, 0.717) is 0 Å². The molecule has 0 radical (unpaired) electrons. The normalized spacial score (nSPS) is 11.9. The van der Waals surface area contributed by atoms with E-state index in [1.54, 1.807) is 0 Å². The molecule has 0 amide bonds. The van der Waals surface area contributed by atoms with E-state index < -0.39 is 11.7 Å². The van der Waals surface area contributed by atoms with Crippen LogP contribution in [0.3, 0.4) is 0 Å². The summed E-state index contributed by atoms with van der Waals surface area (Å²) in [6.45, 7) is 5.98. The Kier molecular flexibility index (Phi) is 2.92. The van der Waals surface area contributed by atoms with Crippen LogP contribution in [0.4, 0.5) is 13.2 Å². The van der Waals surface area contributed by atoms with Crippen molar-refractivity contribution in [2.45, 2.75) is 6.18 Å². The van der Waals surface area contributed by atoms with Crippen molar-refractivity contribution in [1.82, 2.24) is 0 Å². The molecule has 0 aromatic heterocycles. The van der Waals surface area contributed by atoms with E-state index in [0.717, 1.165) is 12.2 Å². The topological polar surface area (TPSA) is 26.0 Å². The molecule has 0 fully saturated rings. The fourth-order valence-electron chi connectivity index (χ4n) is 0.302. The Bertz CT molecular complexity index is 200. The molecule has 0 atom stereocenters. The van der Waals surface area contributed by atoms with Crippen molar-refractivity contribution in [3.63, 3.8) is 0 Å². The van der Waals surface area contributed by atoms with E-state index in [4.69, 9.17) is 5.73 Å². The van der Waals surface area contributed by atoms with Crippen LogP contribution in [0.25, 0.3) is 0 Å². The number of rotatable bonds is 2. The Morgan fingerprint density at radius 3 is 1.91 bits per heavy atom. The lowest BCUT2D eigenvalue weighted by Crippen LogP contribution is -2.08. The highest BCUT2D eigenvalue weighted by Crippen LogP contribution is 2.24. The average Bonchev–Trinajstić information content (AvgIpc) is 1.80. The molecule has 0 spiro atoms. The maximum absolute atomic E-state index is 11.7. The standard InChI is InChI=1S/C7H8F3N/c1-5(7(8,9)10)3-4-6(2)11/h3-4H,1-2,11H2/b4-3-. The molecule has 0 aliphatic heterocycles. The van der Waals surface area contributed by atoms with Crippen molar-refractivity contribution in [3.05, 3.63) is 36.6 Å². The van der Waals surface area contributed by atoms with Gasteiger partial charge < -0.3 is 5.73 Å². The molecule has 0 bridgehead atoms. The van der Waals surface area contributed by atoms with Gasteiger partial charge in [0.2, 0.25) is 0 Å². The van der Waals surface area contributed by atoms with Gasteiger partial charge in [0.25, 0.3) is 0 Å². The fourth-order valence-corrected chi connectivity index (χ4v) is 0.302. The molecule has 11 heavy (non-hydrogen) atoms. The number of hydrogen-bond donors (Lipinski definition) is 1. The zero-order valence-corrected chi connectivity index (χ0v) is 5.78. The molecule has 0 saturated carbocycles. The Balaban J connectivity index is 4.20. The van der Waals surface area contributed by atoms with Crippen molar-refractivity contribution >= 4 is 0 Å². The maximum Gasteiger partial charge on any atom is 0.415 e. The summed E-state index contributed by atoms with van der Waals surface area (Å²) in [4.78, 5) is 0. The summed E-state index contributed by atoms with van der Waals surface area (Å²) in [6, 6.07) is 0. The van der Waals surface area contributed by atoms with Crippen LogP contribution in [0.1, 0.15) is 0 Å². The van der Waals surface area contributed by atoms with E-state index in [2.05, 4.69) is 13.2 Å². The van der Waals surface area contributed by atoms with Gasteiger partial charge >= 0.3 is 6.18 Å². The van der Waals surface area contributed by atoms with E-state index in [9.17, 15) is 13.2 Å². The van der Waals surface area contributed by atoms with Crippen LogP contribution in [0.2, 0.25) is 0 Å². The second-order valence-corrected chi connectivity index (χ2v) is 1.93. The van der Waals surface area contributed by atoms with Gasteiger partial charge in [-0.25, -0.2) is 0 Å². The third-order valence-corrected chi connectivity index (χ3v) is 0.863. The lowest BCUT2D eigenvalue weighted by atomic mass is 10.2. The fraction of sp³-hybridized carbons (Fsp3) is 0.143. The second kappa shape index (κ2) is 3.27. The zero-order valence-electron chi connectivity index (χ0n) is 5.78. The first-order chi connectivity index (χ1) is 4.84. The predicted molar refractivity (Wildman–Crippen MR) is 37.7 cm³/mol. The van der Waals surface area contributed by atoms with Gasteiger partial charge in [-0.2, -0.15) is 13.2 Å². The highest BCUT2D eigenvalue weighted by molar-refractivity contribution is 5.25. The molecular formula is C7H8F3N. The largest absolute Gasteiger partial charge is 0.415 e. The van der Waals surface area contributed by atoms with Crippen LogP contribution >= 0.6 is 0 Å². The van der Waals surface area contributed by atoms with Crippen LogP contribution in [-0.2, 0) is 0 Å². The van der Waals surface area contributed by atoms with Gasteiger partial charge in [0.05, 0.1) is 0 Å². The number of nitrogens with two attached hydrogens (primary N) is 1. The van der Waals surface area contributed by atoms with Crippen LogP contribution in [-0.4, -0.2) is 6.18 Å². The molecule has 0 unspecified atom stereocenters. The Labute approximate surface area is 62.7 Å². The summed E-state index contributed by atoms with van der Waals surface area (Å²) in [5.41, 5.74) is 4.12. The molecule has 4 heteroatoms. The van der Waals surface area contributed by atoms with Gasteiger partial charge in [0.1, 0.15) is 0 Å². The Hall–Kier alpha value is -1.19. The van der Waals surface area contributed by atoms with E-state index in [1.165, 1.54) is 0 Å². The first kappa shape index (κ1) is 9.81. The second-order valence-electron chi connectivity index (χ2n) is 1.93. The summed E-state index contributed by atoms with van der Waals surface area (Å²) in [6.07, 6.45) is -2.55. The third kappa shape index (κ3) is 4.25. The van der Waals surface area contributed by atoms with Gasteiger partial charge in [0, 0.05) is 11.3 Å². The van der Waals surface area contributed by atoms with Crippen molar-refractivity contribution in [3.8, 4) is 0 Å². The summed E-state index contributed by atoms with van der Waals surface area (Å²) >= 11 is 0. The molecule has 0 saturated heterocycles. The minimum atomic E-state index is -4.38. The van der Waals surface area contributed by atoms with Crippen molar-refractivity contribution in [1.29, 1.82) is 0 Å². The molecule has 0 aliphatic carbocycles. The van der Waals surface area contributed by atoms with Crippen LogP contribution in [0, 0.1) is 0 Å². The molecule has 2 N–H and O–H groups in total. The number of allylic oxidation sites excluding steroid dienone is 3. The van der Waals surface area contributed by atoms with Crippen LogP contribution < -0.4 is 5.73 Å². The minimum absolute atomic E-state index is 0.0652. The SMILES string of the molecule is C=C(N)/C=C\C(=C)C(F)(F)F. The lowest BCUT2D eigenvalue weighted by Gasteiger charge is -2.03. The maximum atomic E-state index is 11.7. The first-order valence-electron chi connectivity index (χ1n) is 2.72. The van der Waals surface area contributed by atoms with Gasteiger partial charge in [-0.15, -0.1) is 0 Å². The molecule has 0 heterocycles. The quantitative estimate of drug-likeness (QED) is 0.620. The van der Waals surface area contributed by atoms with Gasteiger partial charge in [-0.1, -0.05) is 13.2 Å². The lowest BCUT2D eigenvalue weighted by molar-refractivity contribution is -0.0878. The van der Waals surface area contributed by atoms with Crippen LogP contribution in [0.15, 0.2) is 36.6 Å². The minimum Gasteiger partial charge on any atom is -0.399 e. The highest BCUT2D eigenvalue weighted by Gasteiger charge is 2.29. The van der Waals surface area contributed by atoms with Crippen molar-refractivity contribution in [2.24, 2.45) is 5.73 Å². The first-order valence-corrected chi connectivity index (χ1v) is 2.72. The highest BCUT2D eigenvalue weighted by atomic mass is 19.4. The van der Waals surface area contributed by atoms with Crippen molar-refractivity contribution < 1.29 is 13.2 Å². The van der Waals surface area contributed by atoms with Gasteiger partial charge in [-0.05, 0) is 12.2 Å². The molecule has 62 valence electrons. The van der Waals surface area contributed by atoms with E-state index >= 15 is 0 Å². The summed E-state index contributed by atoms with van der Waals surface area (Å²) in [5, 5.41) is 0. The third-order valence-electron chi connectivity index (χ3n) is 0.863. The average molecular weight is 163 g/mol. The smallest absolute Gasteiger partial charge is 0.399 e. The van der Waals surface area contributed by atoms with E-state index in [1.807, 2.05) is 0 Å². The summed E-state index contributed by atoms with van der Waals surface area (Å²) < 4.78 is 35.0. The number of hydrogen-bond acceptors (Lipinski definition) is 1. The Morgan fingerprint density at radius 1 is 1.18 bits per heavy atom. The van der Waals surface area contributed by atoms with E-state index in [-0.39, 0.29) is 5.70 Å². The molecule has 0 aliphatic rings. The predicted octanol–water partition coefficient (Wildman–Crippen LogP) is 2.13. The molecule has 0 rings (SSSR count). The zero-order chi connectivity index (χ0) is 9.07. The van der Waals surface area contributed by atoms with Gasteiger partial charge in [0.15, 0.2) is 0 Å².